The monoisotopic (exact) mass is 373 g/mol. The van der Waals surface area contributed by atoms with Gasteiger partial charge in [0.2, 0.25) is 10.0 Å². The van der Waals surface area contributed by atoms with Crippen LogP contribution in [0.15, 0.2) is 10.9 Å². The number of aromatic nitrogens is 1. The molecule has 2 aliphatic heterocycles. The lowest BCUT2D eigenvalue weighted by Gasteiger charge is -2.42. The van der Waals surface area contributed by atoms with E-state index in [4.69, 9.17) is 4.74 Å². The lowest BCUT2D eigenvalue weighted by Crippen LogP contribution is -2.47. The van der Waals surface area contributed by atoms with Crippen molar-refractivity contribution < 1.29 is 17.9 Å². The van der Waals surface area contributed by atoms with Gasteiger partial charge in [0.25, 0.3) is 5.91 Å². The Labute approximate surface area is 146 Å². The van der Waals surface area contributed by atoms with Crippen LogP contribution in [0.4, 0.5) is 0 Å². The van der Waals surface area contributed by atoms with Crippen molar-refractivity contribution in [3.05, 3.63) is 16.6 Å². The number of carbonyl (C=O) groups is 1. The third-order valence-electron chi connectivity index (χ3n) is 5.32. The number of carbonyl (C=O) groups excluding carboxylic acids is 1. The van der Waals surface area contributed by atoms with Crippen molar-refractivity contribution in [3.63, 3.8) is 0 Å². The van der Waals surface area contributed by atoms with Crippen LogP contribution in [0.5, 0.6) is 0 Å². The van der Waals surface area contributed by atoms with Crippen LogP contribution in [0.25, 0.3) is 0 Å². The number of thiazole rings is 1. The van der Waals surface area contributed by atoms with Gasteiger partial charge in [-0.2, -0.15) is 0 Å². The number of rotatable bonds is 4. The number of amides is 1. The summed E-state index contributed by atoms with van der Waals surface area (Å²) in [5, 5.41) is 1.77. The van der Waals surface area contributed by atoms with E-state index >= 15 is 0 Å². The minimum atomic E-state index is -3.21. The lowest BCUT2D eigenvalue weighted by atomic mass is 9.71. The molecule has 2 fully saturated rings. The minimum Gasteiger partial charge on any atom is -0.384 e. The van der Waals surface area contributed by atoms with Crippen LogP contribution in [0.1, 0.15) is 23.3 Å². The number of methoxy groups -OCH3 is 1. The summed E-state index contributed by atoms with van der Waals surface area (Å²) in [5.74, 6) is 0.140. The fourth-order valence-corrected chi connectivity index (χ4v) is 5.34. The fourth-order valence-electron chi connectivity index (χ4n) is 3.87. The Morgan fingerprint density at radius 2 is 2.17 bits per heavy atom. The molecule has 1 aromatic heterocycles. The van der Waals surface area contributed by atoms with Crippen molar-refractivity contribution in [1.29, 1.82) is 0 Å². The highest BCUT2D eigenvalue weighted by Crippen LogP contribution is 2.45. The number of ether oxygens (including phenoxy) is 1. The quantitative estimate of drug-likeness (QED) is 0.784. The number of hydrogen-bond donors (Lipinski definition) is 0. The summed E-state index contributed by atoms with van der Waals surface area (Å²) in [6, 6.07) is 0. The van der Waals surface area contributed by atoms with E-state index < -0.39 is 10.0 Å². The normalized spacial score (nSPS) is 24.6. The SMILES string of the molecule is COC[C@H]1CN(S(C)(=O)=O)CC12CCN(C(=O)c1cscn1)CC2. The Bertz CT molecular complexity index is 682. The Morgan fingerprint density at radius 3 is 2.71 bits per heavy atom. The Kier molecular flexibility index (Phi) is 4.96. The van der Waals surface area contributed by atoms with Gasteiger partial charge in [-0.15, -0.1) is 11.3 Å². The van der Waals surface area contributed by atoms with Crippen LogP contribution in [0.2, 0.25) is 0 Å². The second-order valence-electron chi connectivity index (χ2n) is 6.74. The predicted molar refractivity (Wildman–Crippen MR) is 91.5 cm³/mol. The molecule has 0 aromatic carbocycles. The van der Waals surface area contributed by atoms with E-state index in [1.807, 2.05) is 4.90 Å². The molecule has 0 unspecified atom stereocenters. The largest absolute Gasteiger partial charge is 0.384 e. The van der Waals surface area contributed by atoms with Crippen molar-refractivity contribution in [2.45, 2.75) is 12.8 Å². The molecule has 0 aliphatic carbocycles. The van der Waals surface area contributed by atoms with Gasteiger partial charge in [0, 0.05) is 44.6 Å². The molecule has 1 atom stereocenters. The molecular weight excluding hydrogens is 350 g/mol. The molecule has 0 saturated carbocycles. The maximum Gasteiger partial charge on any atom is 0.273 e. The van der Waals surface area contributed by atoms with Crippen LogP contribution in [-0.4, -0.2) is 74.7 Å². The zero-order valence-corrected chi connectivity index (χ0v) is 15.6. The van der Waals surface area contributed by atoms with E-state index in [9.17, 15) is 13.2 Å². The van der Waals surface area contributed by atoms with Crippen molar-refractivity contribution in [2.75, 3.05) is 46.2 Å². The molecule has 24 heavy (non-hydrogen) atoms. The van der Waals surface area contributed by atoms with Crippen molar-refractivity contribution in [2.24, 2.45) is 11.3 Å². The van der Waals surface area contributed by atoms with E-state index in [-0.39, 0.29) is 17.2 Å². The highest BCUT2D eigenvalue weighted by molar-refractivity contribution is 7.88. The molecule has 9 heteroatoms. The molecule has 0 radical (unpaired) electrons. The van der Waals surface area contributed by atoms with E-state index in [1.54, 1.807) is 22.3 Å². The van der Waals surface area contributed by atoms with Crippen LogP contribution < -0.4 is 0 Å². The van der Waals surface area contributed by atoms with Gasteiger partial charge in [0.05, 0.1) is 18.4 Å². The molecule has 3 rings (SSSR count). The first-order valence-electron chi connectivity index (χ1n) is 7.97. The highest BCUT2D eigenvalue weighted by atomic mass is 32.2. The van der Waals surface area contributed by atoms with Crippen LogP contribution in [0, 0.1) is 11.3 Å². The molecule has 1 amide bonds. The van der Waals surface area contributed by atoms with Gasteiger partial charge in [-0.25, -0.2) is 17.7 Å². The molecule has 0 bridgehead atoms. The summed E-state index contributed by atoms with van der Waals surface area (Å²) in [6.45, 7) is 2.85. The number of hydrogen-bond acceptors (Lipinski definition) is 6. The maximum atomic E-state index is 12.4. The first kappa shape index (κ1) is 17.8. The van der Waals surface area contributed by atoms with Crippen molar-refractivity contribution in [3.8, 4) is 0 Å². The summed E-state index contributed by atoms with van der Waals surface area (Å²) in [6.07, 6.45) is 2.85. The Balaban J connectivity index is 1.71. The molecule has 0 N–H and O–H groups in total. The molecule has 2 saturated heterocycles. The van der Waals surface area contributed by atoms with E-state index in [0.29, 0.717) is 38.5 Å². The fraction of sp³-hybridized carbons (Fsp3) is 0.733. The maximum absolute atomic E-state index is 12.4. The first-order valence-corrected chi connectivity index (χ1v) is 10.8. The minimum absolute atomic E-state index is 0.0349. The highest BCUT2D eigenvalue weighted by Gasteiger charge is 2.50. The first-order chi connectivity index (χ1) is 11.4. The molecule has 7 nitrogen and oxygen atoms in total. The standard InChI is InChI=1S/C15H23N3O4S2/c1-22-8-12-7-18(24(2,20)21)10-15(12)3-5-17(6-4-15)14(19)13-9-23-11-16-13/h9,11-12H,3-8,10H2,1-2H3/t12-/m1/s1. The Morgan fingerprint density at radius 1 is 1.46 bits per heavy atom. The molecular formula is C15H23N3O4S2. The number of likely N-dealkylation sites (tertiary alicyclic amines) is 1. The third kappa shape index (κ3) is 3.35. The van der Waals surface area contributed by atoms with Crippen LogP contribution in [-0.2, 0) is 14.8 Å². The van der Waals surface area contributed by atoms with Crippen molar-refractivity contribution in [1.82, 2.24) is 14.2 Å². The Hall–Kier alpha value is -1.03. The average molecular weight is 374 g/mol. The van der Waals surface area contributed by atoms with Crippen LogP contribution >= 0.6 is 11.3 Å². The van der Waals surface area contributed by atoms with E-state index in [1.165, 1.54) is 17.6 Å². The zero-order chi connectivity index (χ0) is 17.4. The van der Waals surface area contributed by atoms with Gasteiger partial charge in [0.1, 0.15) is 5.69 Å². The molecule has 2 aliphatic rings. The van der Waals surface area contributed by atoms with Gasteiger partial charge >= 0.3 is 0 Å². The summed E-state index contributed by atoms with van der Waals surface area (Å²) in [7, 11) is -1.56. The second kappa shape index (κ2) is 6.70. The van der Waals surface area contributed by atoms with Crippen molar-refractivity contribution >= 4 is 27.3 Å². The van der Waals surface area contributed by atoms with Gasteiger partial charge in [0.15, 0.2) is 0 Å². The summed E-state index contributed by atoms with van der Waals surface area (Å²) in [5.41, 5.74) is 2.06. The lowest BCUT2D eigenvalue weighted by molar-refractivity contribution is 0.0325. The number of piperidine rings is 1. The third-order valence-corrected chi connectivity index (χ3v) is 7.12. The van der Waals surface area contributed by atoms with Gasteiger partial charge in [-0.1, -0.05) is 0 Å². The smallest absolute Gasteiger partial charge is 0.273 e. The summed E-state index contributed by atoms with van der Waals surface area (Å²) in [4.78, 5) is 18.3. The topological polar surface area (TPSA) is 79.8 Å². The van der Waals surface area contributed by atoms with E-state index in [0.717, 1.165) is 12.8 Å². The van der Waals surface area contributed by atoms with E-state index in [2.05, 4.69) is 4.98 Å². The van der Waals surface area contributed by atoms with Crippen LogP contribution in [0.3, 0.4) is 0 Å². The van der Waals surface area contributed by atoms with Gasteiger partial charge in [-0.05, 0) is 18.3 Å². The molecule has 1 spiro atoms. The zero-order valence-electron chi connectivity index (χ0n) is 14.0. The number of sulfonamides is 1. The molecule has 134 valence electrons. The predicted octanol–water partition coefficient (Wildman–Crippen LogP) is 0.903. The molecule has 3 heterocycles. The van der Waals surface area contributed by atoms with Gasteiger partial charge < -0.3 is 9.64 Å². The second-order valence-corrected chi connectivity index (χ2v) is 9.44. The number of nitrogens with zero attached hydrogens (tertiary/aromatic N) is 3. The van der Waals surface area contributed by atoms with Gasteiger partial charge in [-0.3, -0.25) is 4.79 Å². The summed E-state index contributed by atoms with van der Waals surface area (Å²) < 4.78 is 30.8. The average Bonchev–Trinajstić information content (AvgIpc) is 3.17. The molecule has 1 aromatic rings. The summed E-state index contributed by atoms with van der Waals surface area (Å²) >= 11 is 1.41.